The number of nitrogens with two attached hydrogens (primary N) is 1. The molecule has 1 aromatic carbocycles. The van der Waals surface area contributed by atoms with E-state index in [1.54, 1.807) is 0 Å². The zero-order valence-corrected chi connectivity index (χ0v) is 11.2. The maximum absolute atomic E-state index is 10.1. The Morgan fingerprint density at radius 2 is 2.00 bits per heavy atom. The zero-order chi connectivity index (χ0) is 11.5. The van der Waals surface area contributed by atoms with Crippen LogP contribution in [0.1, 0.15) is 49.8 Å². The van der Waals surface area contributed by atoms with Gasteiger partial charge in [0, 0.05) is 11.6 Å². The normalized spacial score (nSPS) is 17.8. The molecule has 0 saturated heterocycles. The zero-order valence-electron chi connectivity index (χ0n) is 10.4. The van der Waals surface area contributed by atoms with Gasteiger partial charge in [0.15, 0.2) is 0 Å². The maximum Gasteiger partial charge on any atom is 0.123 e. The summed E-state index contributed by atoms with van der Waals surface area (Å²) in [6.45, 7) is 2.06. The molecule has 0 heterocycles. The fourth-order valence-corrected chi connectivity index (χ4v) is 2.74. The van der Waals surface area contributed by atoms with Crippen molar-refractivity contribution < 1.29 is 5.11 Å². The summed E-state index contributed by atoms with van der Waals surface area (Å²) in [7, 11) is 0. The van der Waals surface area contributed by atoms with Crippen LogP contribution in [0.5, 0.6) is 5.75 Å². The summed E-state index contributed by atoms with van der Waals surface area (Å²) in [5.74, 6) is 0.974. The Kier molecular flexibility index (Phi) is 5.29. The summed E-state index contributed by atoms with van der Waals surface area (Å²) in [6.07, 6.45) is 5.84. The van der Waals surface area contributed by atoms with Gasteiger partial charge in [0.25, 0.3) is 0 Å². The van der Waals surface area contributed by atoms with Crippen molar-refractivity contribution in [2.75, 3.05) is 0 Å². The molecule has 0 radical (unpaired) electrons. The molecular weight excluding hydrogens is 234 g/mol. The fraction of sp³-hybridized carbons (Fsp3) is 0.571. The van der Waals surface area contributed by atoms with Gasteiger partial charge in [-0.05, 0) is 30.7 Å². The lowest BCUT2D eigenvalue weighted by Crippen LogP contribution is -2.19. The maximum atomic E-state index is 10.1. The van der Waals surface area contributed by atoms with E-state index in [2.05, 4.69) is 6.92 Å². The summed E-state index contributed by atoms with van der Waals surface area (Å²) in [4.78, 5) is 0. The number of benzene rings is 1. The van der Waals surface area contributed by atoms with E-state index < -0.39 is 0 Å². The average molecular weight is 256 g/mol. The van der Waals surface area contributed by atoms with E-state index >= 15 is 0 Å². The smallest absolute Gasteiger partial charge is 0.123 e. The van der Waals surface area contributed by atoms with Crippen LogP contribution in [0.15, 0.2) is 18.2 Å². The first-order valence-electron chi connectivity index (χ1n) is 6.30. The Labute approximate surface area is 110 Å². The van der Waals surface area contributed by atoms with Gasteiger partial charge in [-0.1, -0.05) is 38.0 Å². The standard InChI is InChI=1S/C14H21NO.ClH/c1-2-10-8-5-9-12(14(10)16)13(15)11-6-3-4-7-11;/h5,8-9,11,13,16H,2-4,6-7,15H2,1H3;1H/t13-;/m0./s1. The van der Waals surface area contributed by atoms with Crippen LogP contribution < -0.4 is 5.73 Å². The second kappa shape index (κ2) is 6.27. The van der Waals surface area contributed by atoms with Gasteiger partial charge in [-0.3, -0.25) is 0 Å². The third-order valence-electron chi connectivity index (χ3n) is 3.80. The van der Waals surface area contributed by atoms with E-state index in [0.29, 0.717) is 11.7 Å². The van der Waals surface area contributed by atoms with Gasteiger partial charge in [0.2, 0.25) is 0 Å². The molecule has 0 amide bonds. The van der Waals surface area contributed by atoms with Gasteiger partial charge in [-0.2, -0.15) is 0 Å². The molecule has 1 fully saturated rings. The van der Waals surface area contributed by atoms with E-state index in [4.69, 9.17) is 5.73 Å². The van der Waals surface area contributed by atoms with Gasteiger partial charge in [-0.25, -0.2) is 0 Å². The minimum absolute atomic E-state index is 0. The molecule has 1 atom stereocenters. The summed E-state index contributed by atoms with van der Waals surface area (Å²) in [5.41, 5.74) is 8.21. The van der Waals surface area contributed by atoms with Crippen LogP contribution in [-0.2, 0) is 6.42 Å². The number of halogens is 1. The summed E-state index contributed by atoms with van der Waals surface area (Å²) < 4.78 is 0. The van der Waals surface area contributed by atoms with Crippen LogP contribution in [0.25, 0.3) is 0 Å². The molecular formula is C14H22ClNO. The summed E-state index contributed by atoms with van der Waals surface area (Å²) >= 11 is 0. The second-order valence-electron chi connectivity index (χ2n) is 4.78. The number of aryl methyl sites for hydroxylation is 1. The molecule has 2 rings (SSSR count). The van der Waals surface area contributed by atoms with Gasteiger partial charge >= 0.3 is 0 Å². The highest BCUT2D eigenvalue weighted by Crippen LogP contribution is 2.38. The molecule has 0 spiro atoms. The Balaban J connectivity index is 0.00000144. The molecule has 3 N–H and O–H groups in total. The summed E-state index contributed by atoms with van der Waals surface area (Å²) in [5, 5.41) is 10.1. The minimum atomic E-state index is 0. The monoisotopic (exact) mass is 255 g/mol. The van der Waals surface area contributed by atoms with Crippen molar-refractivity contribution >= 4 is 12.4 Å². The van der Waals surface area contributed by atoms with Crippen molar-refractivity contribution in [3.8, 4) is 5.75 Å². The van der Waals surface area contributed by atoms with E-state index in [1.807, 2.05) is 18.2 Å². The van der Waals surface area contributed by atoms with E-state index in [9.17, 15) is 5.11 Å². The van der Waals surface area contributed by atoms with Crippen molar-refractivity contribution in [3.63, 3.8) is 0 Å². The van der Waals surface area contributed by atoms with Gasteiger partial charge in [0.05, 0.1) is 0 Å². The number of aromatic hydroxyl groups is 1. The molecule has 1 aliphatic rings. The van der Waals surface area contributed by atoms with Crippen molar-refractivity contribution in [1.82, 2.24) is 0 Å². The van der Waals surface area contributed by atoms with Gasteiger partial charge in [-0.15, -0.1) is 12.4 Å². The fourth-order valence-electron chi connectivity index (χ4n) is 2.74. The predicted molar refractivity (Wildman–Crippen MR) is 73.6 cm³/mol. The molecule has 1 aromatic rings. The molecule has 17 heavy (non-hydrogen) atoms. The van der Waals surface area contributed by atoms with Crippen LogP contribution >= 0.6 is 12.4 Å². The second-order valence-corrected chi connectivity index (χ2v) is 4.78. The molecule has 1 saturated carbocycles. The molecule has 3 heteroatoms. The van der Waals surface area contributed by atoms with Gasteiger partial charge < -0.3 is 10.8 Å². The highest BCUT2D eigenvalue weighted by Gasteiger charge is 2.25. The lowest BCUT2D eigenvalue weighted by Gasteiger charge is -2.21. The van der Waals surface area contributed by atoms with Crippen LogP contribution in [-0.4, -0.2) is 5.11 Å². The number of phenolic OH excluding ortho intramolecular Hbond substituents is 1. The number of rotatable bonds is 3. The topological polar surface area (TPSA) is 46.2 Å². The average Bonchev–Trinajstić information content (AvgIpc) is 2.82. The highest BCUT2D eigenvalue weighted by atomic mass is 35.5. The molecule has 0 bridgehead atoms. The van der Waals surface area contributed by atoms with E-state index in [0.717, 1.165) is 17.5 Å². The van der Waals surface area contributed by atoms with E-state index in [-0.39, 0.29) is 18.4 Å². The predicted octanol–water partition coefficient (Wildman–Crippen LogP) is 3.57. The first-order valence-corrected chi connectivity index (χ1v) is 6.30. The molecule has 0 unspecified atom stereocenters. The Bertz CT molecular complexity index is 361. The van der Waals surface area contributed by atoms with Crippen LogP contribution in [0.2, 0.25) is 0 Å². The Morgan fingerprint density at radius 3 is 2.59 bits per heavy atom. The first-order chi connectivity index (χ1) is 7.74. The number of hydrogen-bond donors (Lipinski definition) is 2. The van der Waals surface area contributed by atoms with Crippen molar-refractivity contribution in [2.45, 2.75) is 45.1 Å². The largest absolute Gasteiger partial charge is 0.507 e. The third-order valence-corrected chi connectivity index (χ3v) is 3.80. The lowest BCUT2D eigenvalue weighted by molar-refractivity contribution is 0.409. The number of phenols is 1. The molecule has 96 valence electrons. The first kappa shape index (κ1) is 14.3. The third kappa shape index (κ3) is 2.93. The number of hydrogen-bond acceptors (Lipinski definition) is 2. The van der Waals surface area contributed by atoms with Crippen molar-refractivity contribution in [3.05, 3.63) is 29.3 Å². The quantitative estimate of drug-likeness (QED) is 0.868. The minimum Gasteiger partial charge on any atom is -0.507 e. The Hall–Kier alpha value is -0.730. The molecule has 0 aliphatic heterocycles. The molecule has 2 nitrogen and oxygen atoms in total. The Morgan fingerprint density at radius 1 is 1.35 bits per heavy atom. The van der Waals surface area contributed by atoms with Gasteiger partial charge in [0.1, 0.15) is 5.75 Å². The van der Waals surface area contributed by atoms with Crippen LogP contribution in [0, 0.1) is 5.92 Å². The van der Waals surface area contributed by atoms with Crippen LogP contribution in [0.4, 0.5) is 0 Å². The molecule has 0 aromatic heterocycles. The van der Waals surface area contributed by atoms with E-state index in [1.165, 1.54) is 25.7 Å². The van der Waals surface area contributed by atoms with Crippen molar-refractivity contribution in [1.29, 1.82) is 0 Å². The number of para-hydroxylation sites is 1. The highest BCUT2D eigenvalue weighted by molar-refractivity contribution is 5.85. The molecule has 1 aliphatic carbocycles. The summed E-state index contributed by atoms with van der Waals surface area (Å²) in [6, 6.07) is 5.95. The van der Waals surface area contributed by atoms with Crippen molar-refractivity contribution in [2.24, 2.45) is 11.7 Å². The van der Waals surface area contributed by atoms with Crippen LogP contribution in [0.3, 0.4) is 0 Å². The lowest BCUT2D eigenvalue weighted by atomic mass is 9.90. The SMILES string of the molecule is CCc1cccc([C@@H](N)C2CCCC2)c1O.Cl.